The van der Waals surface area contributed by atoms with Gasteiger partial charge in [0.05, 0.1) is 0 Å². The van der Waals surface area contributed by atoms with Gasteiger partial charge in [0.25, 0.3) is 5.91 Å². The van der Waals surface area contributed by atoms with Crippen molar-refractivity contribution in [3.8, 4) is 0 Å². The molecule has 0 radical (unpaired) electrons. The van der Waals surface area contributed by atoms with E-state index in [9.17, 15) is 9.59 Å². The van der Waals surface area contributed by atoms with Crippen molar-refractivity contribution in [2.24, 2.45) is 5.73 Å². The SMILES string of the molecule is Cc1cccc2nc(C(=O)Nc3cccc(NC(N)=O)c3)cn12. The molecule has 0 aliphatic carbocycles. The second-order valence-corrected chi connectivity index (χ2v) is 5.05. The summed E-state index contributed by atoms with van der Waals surface area (Å²) in [5.74, 6) is -0.329. The molecular weight excluding hydrogens is 294 g/mol. The summed E-state index contributed by atoms with van der Waals surface area (Å²) >= 11 is 0. The zero-order valence-corrected chi connectivity index (χ0v) is 12.4. The Labute approximate surface area is 132 Å². The zero-order valence-electron chi connectivity index (χ0n) is 12.4. The first-order chi connectivity index (χ1) is 11.0. The standard InChI is InChI=1S/C16H15N5O2/c1-10-4-2-7-14-20-13(9-21(10)14)15(22)18-11-5-3-6-12(8-11)19-16(17)23/h2-9H,1H3,(H,18,22)(H3,17,19,23). The highest BCUT2D eigenvalue weighted by Gasteiger charge is 2.12. The van der Waals surface area contributed by atoms with Crippen LogP contribution < -0.4 is 16.4 Å². The number of nitrogens with two attached hydrogens (primary N) is 1. The predicted molar refractivity (Wildman–Crippen MR) is 87.5 cm³/mol. The molecule has 116 valence electrons. The number of amides is 3. The number of rotatable bonds is 3. The quantitative estimate of drug-likeness (QED) is 0.692. The highest BCUT2D eigenvalue weighted by atomic mass is 16.2. The third kappa shape index (κ3) is 3.13. The van der Waals surface area contributed by atoms with Crippen LogP contribution in [0.15, 0.2) is 48.7 Å². The molecule has 0 aliphatic rings. The summed E-state index contributed by atoms with van der Waals surface area (Å²) in [4.78, 5) is 27.5. The molecule has 0 bridgehead atoms. The van der Waals surface area contributed by atoms with E-state index in [1.54, 1.807) is 30.5 Å². The highest BCUT2D eigenvalue weighted by molar-refractivity contribution is 6.03. The minimum atomic E-state index is -0.663. The first kappa shape index (κ1) is 14.6. The van der Waals surface area contributed by atoms with Crippen LogP contribution in [0, 0.1) is 6.92 Å². The monoisotopic (exact) mass is 309 g/mol. The number of anilines is 2. The maximum Gasteiger partial charge on any atom is 0.316 e. The molecule has 0 aliphatic heterocycles. The molecule has 0 saturated carbocycles. The largest absolute Gasteiger partial charge is 0.351 e. The lowest BCUT2D eigenvalue weighted by molar-refractivity contribution is 0.102. The smallest absolute Gasteiger partial charge is 0.316 e. The van der Waals surface area contributed by atoms with E-state index < -0.39 is 6.03 Å². The van der Waals surface area contributed by atoms with Crippen LogP contribution in [0.2, 0.25) is 0 Å². The van der Waals surface area contributed by atoms with Crippen LogP contribution in [0.3, 0.4) is 0 Å². The van der Waals surface area contributed by atoms with Crippen LogP contribution in [0.5, 0.6) is 0 Å². The minimum absolute atomic E-state index is 0.313. The average Bonchev–Trinajstić information content (AvgIpc) is 2.92. The van der Waals surface area contributed by atoms with Gasteiger partial charge in [-0.15, -0.1) is 0 Å². The van der Waals surface area contributed by atoms with Crippen molar-refractivity contribution in [1.82, 2.24) is 9.38 Å². The highest BCUT2D eigenvalue weighted by Crippen LogP contribution is 2.16. The molecule has 0 fully saturated rings. The molecule has 23 heavy (non-hydrogen) atoms. The molecule has 2 heterocycles. The summed E-state index contributed by atoms with van der Waals surface area (Å²) in [6.07, 6.45) is 1.69. The van der Waals surface area contributed by atoms with Crippen molar-refractivity contribution in [1.29, 1.82) is 0 Å². The van der Waals surface area contributed by atoms with Crippen LogP contribution in [-0.4, -0.2) is 21.3 Å². The molecule has 2 aromatic heterocycles. The van der Waals surface area contributed by atoms with Crippen molar-refractivity contribution in [3.05, 3.63) is 60.0 Å². The molecule has 3 rings (SSSR count). The molecular formula is C16H15N5O2. The summed E-state index contributed by atoms with van der Waals surface area (Å²) < 4.78 is 1.85. The summed E-state index contributed by atoms with van der Waals surface area (Å²) in [5.41, 5.74) is 8.12. The molecule has 0 spiro atoms. The topological polar surface area (TPSA) is 102 Å². The number of carbonyl (C=O) groups is 2. The van der Waals surface area contributed by atoms with Gasteiger partial charge >= 0.3 is 6.03 Å². The van der Waals surface area contributed by atoms with Crippen LogP contribution in [-0.2, 0) is 0 Å². The fourth-order valence-electron chi connectivity index (χ4n) is 2.27. The third-order valence-electron chi connectivity index (χ3n) is 3.32. The van der Waals surface area contributed by atoms with E-state index in [0.717, 1.165) is 5.69 Å². The number of nitrogens with one attached hydrogen (secondary N) is 2. The van der Waals surface area contributed by atoms with E-state index in [1.165, 1.54) is 0 Å². The molecule has 3 aromatic rings. The third-order valence-corrected chi connectivity index (χ3v) is 3.32. The number of primary amides is 1. The number of nitrogens with zero attached hydrogens (tertiary/aromatic N) is 2. The van der Waals surface area contributed by atoms with Gasteiger partial charge in [-0.1, -0.05) is 12.1 Å². The Bertz CT molecular complexity index is 900. The van der Waals surface area contributed by atoms with Crippen LogP contribution in [0.25, 0.3) is 5.65 Å². The molecule has 4 N–H and O–H groups in total. The van der Waals surface area contributed by atoms with Gasteiger partial charge in [0.2, 0.25) is 0 Å². The fraction of sp³-hybridized carbons (Fsp3) is 0.0625. The number of hydrogen-bond donors (Lipinski definition) is 3. The van der Waals surface area contributed by atoms with Gasteiger partial charge in [0.1, 0.15) is 11.3 Å². The number of carbonyl (C=O) groups excluding carboxylic acids is 2. The number of aryl methyl sites for hydroxylation is 1. The Morgan fingerprint density at radius 2 is 1.78 bits per heavy atom. The van der Waals surface area contributed by atoms with Crippen molar-refractivity contribution < 1.29 is 9.59 Å². The molecule has 7 nitrogen and oxygen atoms in total. The van der Waals surface area contributed by atoms with Crippen LogP contribution in [0.4, 0.5) is 16.2 Å². The van der Waals surface area contributed by atoms with Gasteiger partial charge in [0.15, 0.2) is 0 Å². The van der Waals surface area contributed by atoms with E-state index >= 15 is 0 Å². The van der Waals surface area contributed by atoms with Crippen molar-refractivity contribution >= 4 is 29.0 Å². The zero-order chi connectivity index (χ0) is 16.4. The van der Waals surface area contributed by atoms with Crippen molar-refractivity contribution in [3.63, 3.8) is 0 Å². The predicted octanol–water partition coefficient (Wildman–Crippen LogP) is 2.39. The maximum absolute atomic E-state index is 12.3. The van der Waals surface area contributed by atoms with E-state index in [2.05, 4.69) is 15.6 Å². The molecule has 0 saturated heterocycles. The van der Waals surface area contributed by atoms with Gasteiger partial charge in [0, 0.05) is 23.3 Å². The van der Waals surface area contributed by atoms with Gasteiger partial charge in [-0.3, -0.25) is 4.79 Å². The number of benzene rings is 1. The number of hydrogen-bond acceptors (Lipinski definition) is 3. The molecule has 3 amide bonds. The molecule has 7 heteroatoms. The Morgan fingerprint density at radius 1 is 1.09 bits per heavy atom. The Morgan fingerprint density at radius 3 is 2.48 bits per heavy atom. The molecule has 1 aromatic carbocycles. The maximum atomic E-state index is 12.3. The van der Waals surface area contributed by atoms with Gasteiger partial charge in [-0.05, 0) is 37.3 Å². The summed E-state index contributed by atoms with van der Waals surface area (Å²) in [7, 11) is 0. The van der Waals surface area contributed by atoms with E-state index in [0.29, 0.717) is 22.7 Å². The van der Waals surface area contributed by atoms with Crippen molar-refractivity contribution in [2.45, 2.75) is 6.92 Å². The first-order valence-electron chi connectivity index (χ1n) is 6.95. The van der Waals surface area contributed by atoms with Crippen LogP contribution >= 0.6 is 0 Å². The fourth-order valence-corrected chi connectivity index (χ4v) is 2.27. The average molecular weight is 309 g/mol. The Balaban J connectivity index is 1.83. The lowest BCUT2D eigenvalue weighted by Crippen LogP contribution is -2.19. The molecule has 0 atom stereocenters. The number of imidazole rings is 1. The summed E-state index contributed by atoms with van der Waals surface area (Å²) in [5, 5.41) is 5.20. The van der Waals surface area contributed by atoms with Gasteiger partial charge < -0.3 is 20.8 Å². The summed E-state index contributed by atoms with van der Waals surface area (Å²) in [6.45, 7) is 1.94. The number of aromatic nitrogens is 2. The van der Waals surface area contributed by atoms with E-state index in [-0.39, 0.29) is 5.91 Å². The first-order valence-corrected chi connectivity index (χ1v) is 6.95. The lowest BCUT2D eigenvalue weighted by Gasteiger charge is -2.06. The second kappa shape index (κ2) is 5.80. The van der Waals surface area contributed by atoms with Gasteiger partial charge in [-0.2, -0.15) is 0 Å². The van der Waals surface area contributed by atoms with Gasteiger partial charge in [-0.25, -0.2) is 9.78 Å². The second-order valence-electron chi connectivity index (χ2n) is 5.05. The Hall–Kier alpha value is -3.35. The summed E-state index contributed by atoms with van der Waals surface area (Å²) in [6, 6.07) is 11.7. The normalized spacial score (nSPS) is 10.5. The number of pyridine rings is 1. The minimum Gasteiger partial charge on any atom is -0.351 e. The van der Waals surface area contributed by atoms with Crippen LogP contribution in [0.1, 0.15) is 16.2 Å². The Kier molecular flexibility index (Phi) is 3.68. The molecule has 0 unspecified atom stereocenters. The van der Waals surface area contributed by atoms with Crippen molar-refractivity contribution in [2.75, 3.05) is 10.6 Å². The van der Waals surface area contributed by atoms with E-state index in [4.69, 9.17) is 5.73 Å². The lowest BCUT2D eigenvalue weighted by atomic mass is 10.2. The number of fused-ring (bicyclic) bond motifs is 1. The number of urea groups is 1. The van der Waals surface area contributed by atoms with E-state index in [1.807, 2.05) is 29.5 Å².